The van der Waals surface area contributed by atoms with E-state index < -0.39 is 0 Å². The molecular formula is C11H12N2OS. The second kappa shape index (κ2) is 3.62. The van der Waals surface area contributed by atoms with E-state index >= 15 is 0 Å². The number of aromatic amines is 1. The van der Waals surface area contributed by atoms with E-state index in [0.29, 0.717) is 16.7 Å². The highest BCUT2D eigenvalue weighted by Gasteiger charge is 2.03. The summed E-state index contributed by atoms with van der Waals surface area (Å²) < 4.78 is 2.05. The van der Waals surface area contributed by atoms with Gasteiger partial charge in [-0.25, -0.2) is 0 Å². The van der Waals surface area contributed by atoms with Crippen LogP contribution in [0, 0.1) is 11.7 Å². The number of rotatable bonds is 1. The van der Waals surface area contributed by atoms with Crippen LogP contribution in [0.2, 0.25) is 0 Å². The van der Waals surface area contributed by atoms with Crippen LogP contribution in [0.5, 0.6) is 0 Å². The number of hydrogen-bond donors (Lipinski definition) is 1. The average Bonchev–Trinajstić information content (AvgIpc) is 2.20. The molecule has 0 fully saturated rings. The molecule has 0 aliphatic carbocycles. The highest BCUT2D eigenvalue weighted by Crippen LogP contribution is 2.09. The van der Waals surface area contributed by atoms with Crippen molar-refractivity contribution in [3.63, 3.8) is 0 Å². The molecule has 1 heterocycles. The van der Waals surface area contributed by atoms with Crippen LogP contribution in [0.25, 0.3) is 10.9 Å². The predicted molar refractivity (Wildman–Crippen MR) is 63.8 cm³/mol. The molecule has 1 aromatic carbocycles. The fourth-order valence-corrected chi connectivity index (χ4v) is 1.97. The third kappa shape index (κ3) is 1.61. The minimum Gasteiger partial charge on any atom is -0.332 e. The van der Waals surface area contributed by atoms with E-state index in [0.717, 1.165) is 11.1 Å². The van der Waals surface area contributed by atoms with Crippen LogP contribution in [0.15, 0.2) is 23.0 Å². The van der Waals surface area contributed by atoms with Crippen molar-refractivity contribution >= 4 is 23.1 Å². The first-order valence-corrected chi connectivity index (χ1v) is 5.28. The van der Waals surface area contributed by atoms with Crippen LogP contribution in [0.1, 0.15) is 12.5 Å². The molecule has 0 amide bonds. The monoisotopic (exact) mass is 220 g/mol. The zero-order valence-electron chi connectivity index (χ0n) is 8.70. The van der Waals surface area contributed by atoms with Crippen molar-refractivity contribution in [2.45, 2.75) is 20.4 Å². The Bertz CT molecular complexity index is 625. The summed E-state index contributed by atoms with van der Waals surface area (Å²) in [5, 5.41) is 0.699. The second-order valence-electron chi connectivity index (χ2n) is 3.53. The van der Waals surface area contributed by atoms with Gasteiger partial charge >= 0.3 is 0 Å². The highest BCUT2D eigenvalue weighted by atomic mass is 32.1. The van der Waals surface area contributed by atoms with Gasteiger partial charge < -0.3 is 4.98 Å². The van der Waals surface area contributed by atoms with Gasteiger partial charge in [0.05, 0.1) is 10.9 Å². The number of aromatic nitrogens is 2. The SMILES string of the molecule is CCn1c(=S)[nH]c2ccc(C)cc2c1=O. The van der Waals surface area contributed by atoms with E-state index in [-0.39, 0.29) is 5.56 Å². The van der Waals surface area contributed by atoms with Crippen LogP contribution in [-0.2, 0) is 6.54 Å². The fraction of sp³-hybridized carbons (Fsp3) is 0.273. The summed E-state index contributed by atoms with van der Waals surface area (Å²) in [5.41, 5.74) is 1.87. The maximum absolute atomic E-state index is 12.0. The van der Waals surface area contributed by atoms with Crippen LogP contribution in [0.3, 0.4) is 0 Å². The Kier molecular flexibility index (Phi) is 2.44. The lowest BCUT2D eigenvalue weighted by Crippen LogP contribution is -2.21. The van der Waals surface area contributed by atoms with Crippen molar-refractivity contribution in [3.05, 3.63) is 38.9 Å². The molecule has 78 valence electrons. The molecule has 3 nitrogen and oxygen atoms in total. The minimum atomic E-state index is -0.0139. The first-order chi connectivity index (χ1) is 7.13. The fourth-order valence-electron chi connectivity index (χ4n) is 1.65. The molecule has 0 spiro atoms. The molecule has 2 rings (SSSR count). The van der Waals surface area contributed by atoms with Gasteiger partial charge in [-0.3, -0.25) is 9.36 Å². The number of benzene rings is 1. The summed E-state index contributed by atoms with van der Waals surface area (Å²) in [6.45, 7) is 4.47. The van der Waals surface area contributed by atoms with Crippen molar-refractivity contribution in [1.29, 1.82) is 0 Å². The standard InChI is InChI=1S/C11H12N2OS/c1-3-13-10(14)8-6-7(2)4-5-9(8)12-11(13)15/h4-6H,3H2,1-2H3,(H,12,15). The van der Waals surface area contributed by atoms with Crippen molar-refractivity contribution < 1.29 is 0 Å². The lowest BCUT2D eigenvalue weighted by molar-refractivity contribution is 0.704. The summed E-state index contributed by atoms with van der Waals surface area (Å²) in [6, 6.07) is 5.74. The van der Waals surface area contributed by atoms with E-state index in [1.807, 2.05) is 32.0 Å². The Morgan fingerprint density at radius 1 is 1.47 bits per heavy atom. The second-order valence-corrected chi connectivity index (χ2v) is 3.92. The summed E-state index contributed by atoms with van der Waals surface area (Å²) in [5.74, 6) is 0. The van der Waals surface area contributed by atoms with Crippen LogP contribution < -0.4 is 5.56 Å². The maximum atomic E-state index is 12.0. The molecule has 1 N–H and O–H groups in total. The molecule has 4 heteroatoms. The number of H-pyrrole nitrogens is 1. The number of fused-ring (bicyclic) bond motifs is 1. The molecule has 0 saturated carbocycles. The van der Waals surface area contributed by atoms with E-state index in [2.05, 4.69) is 4.98 Å². The van der Waals surface area contributed by atoms with Gasteiger partial charge in [-0.15, -0.1) is 0 Å². The van der Waals surface area contributed by atoms with E-state index in [1.54, 1.807) is 4.57 Å². The van der Waals surface area contributed by atoms with Crippen molar-refractivity contribution in [1.82, 2.24) is 9.55 Å². The third-order valence-electron chi connectivity index (χ3n) is 2.45. The zero-order chi connectivity index (χ0) is 11.0. The molecule has 0 bridgehead atoms. The Balaban J connectivity index is 2.99. The molecule has 1 aromatic heterocycles. The summed E-state index contributed by atoms with van der Waals surface area (Å²) in [7, 11) is 0. The highest BCUT2D eigenvalue weighted by molar-refractivity contribution is 7.71. The Hall–Kier alpha value is -1.42. The van der Waals surface area contributed by atoms with Crippen LogP contribution in [0.4, 0.5) is 0 Å². The molecule has 0 aliphatic heterocycles. The number of aryl methyl sites for hydroxylation is 1. The molecule has 0 aliphatic rings. The van der Waals surface area contributed by atoms with Gasteiger partial charge in [0.25, 0.3) is 5.56 Å². The number of hydrogen-bond acceptors (Lipinski definition) is 2. The topological polar surface area (TPSA) is 37.8 Å². The zero-order valence-corrected chi connectivity index (χ0v) is 9.52. The minimum absolute atomic E-state index is 0.0139. The lowest BCUT2D eigenvalue weighted by Gasteiger charge is -2.05. The van der Waals surface area contributed by atoms with Crippen molar-refractivity contribution in [2.24, 2.45) is 0 Å². The van der Waals surface area contributed by atoms with Crippen LogP contribution >= 0.6 is 12.2 Å². The Morgan fingerprint density at radius 2 is 2.20 bits per heavy atom. The normalized spacial score (nSPS) is 10.8. The van der Waals surface area contributed by atoms with Gasteiger partial charge in [-0.1, -0.05) is 11.6 Å². The first kappa shape index (κ1) is 10.1. The number of nitrogens with one attached hydrogen (secondary N) is 1. The molecule has 0 unspecified atom stereocenters. The Morgan fingerprint density at radius 3 is 2.87 bits per heavy atom. The summed E-state index contributed by atoms with van der Waals surface area (Å²) in [4.78, 5) is 15.1. The predicted octanol–water partition coefficient (Wildman–Crippen LogP) is 2.39. The van der Waals surface area contributed by atoms with E-state index in [9.17, 15) is 4.79 Å². The average molecular weight is 220 g/mol. The smallest absolute Gasteiger partial charge is 0.262 e. The molecule has 15 heavy (non-hydrogen) atoms. The first-order valence-electron chi connectivity index (χ1n) is 4.87. The van der Waals surface area contributed by atoms with Crippen molar-refractivity contribution in [3.8, 4) is 0 Å². The van der Waals surface area contributed by atoms with Gasteiger partial charge in [0.1, 0.15) is 0 Å². The third-order valence-corrected chi connectivity index (χ3v) is 2.78. The maximum Gasteiger partial charge on any atom is 0.262 e. The lowest BCUT2D eigenvalue weighted by atomic mass is 10.2. The molecule has 2 aromatic rings. The van der Waals surface area contributed by atoms with Gasteiger partial charge in [-0.05, 0) is 38.2 Å². The molecule has 0 atom stereocenters. The van der Waals surface area contributed by atoms with E-state index in [4.69, 9.17) is 12.2 Å². The number of nitrogens with zero attached hydrogens (tertiary/aromatic N) is 1. The molecule has 0 saturated heterocycles. The quantitative estimate of drug-likeness (QED) is 0.749. The van der Waals surface area contributed by atoms with Gasteiger partial charge in [0.2, 0.25) is 0 Å². The summed E-state index contributed by atoms with van der Waals surface area (Å²) in [6.07, 6.45) is 0. The van der Waals surface area contributed by atoms with Crippen LogP contribution in [-0.4, -0.2) is 9.55 Å². The molecule has 0 radical (unpaired) electrons. The van der Waals surface area contributed by atoms with Crippen molar-refractivity contribution in [2.75, 3.05) is 0 Å². The van der Waals surface area contributed by atoms with Gasteiger partial charge in [-0.2, -0.15) is 0 Å². The Labute approximate surface area is 92.4 Å². The summed E-state index contributed by atoms with van der Waals surface area (Å²) >= 11 is 5.11. The molecular weight excluding hydrogens is 208 g/mol. The largest absolute Gasteiger partial charge is 0.332 e. The van der Waals surface area contributed by atoms with Gasteiger partial charge in [0.15, 0.2) is 4.77 Å². The van der Waals surface area contributed by atoms with E-state index in [1.165, 1.54) is 0 Å². The van der Waals surface area contributed by atoms with Gasteiger partial charge in [0, 0.05) is 6.54 Å².